The standard InChI is InChI=1S/C15H17N3O2/c16-14-10-12(18-6-8-19-9-7-18)11-15(17-14)20-13-4-2-1-3-5-13/h1-5,10-11H,6-9H2,(H2,16,17). The van der Waals surface area contributed by atoms with Crippen LogP contribution in [0.25, 0.3) is 0 Å². The van der Waals surface area contributed by atoms with Crippen molar-refractivity contribution < 1.29 is 9.47 Å². The van der Waals surface area contributed by atoms with E-state index in [2.05, 4.69) is 9.88 Å². The van der Waals surface area contributed by atoms with Gasteiger partial charge in [0.1, 0.15) is 11.6 Å². The molecular weight excluding hydrogens is 254 g/mol. The van der Waals surface area contributed by atoms with Crippen molar-refractivity contribution in [2.75, 3.05) is 36.9 Å². The highest BCUT2D eigenvalue weighted by atomic mass is 16.5. The van der Waals surface area contributed by atoms with Crippen LogP contribution in [0.1, 0.15) is 0 Å². The molecule has 0 saturated carbocycles. The summed E-state index contributed by atoms with van der Waals surface area (Å²) in [6.45, 7) is 3.18. The SMILES string of the molecule is Nc1cc(N2CCOCC2)cc(Oc2ccccc2)n1. The lowest BCUT2D eigenvalue weighted by molar-refractivity contribution is 0.122. The number of rotatable bonds is 3. The number of nitrogens with zero attached hydrogens (tertiary/aromatic N) is 2. The molecule has 2 heterocycles. The van der Waals surface area contributed by atoms with Crippen LogP contribution in [-0.4, -0.2) is 31.3 Å². The van der Waals surface area contributed by atoms with Gasteiger partial charge in [0.25, 0.3) is 0 Å². The Morgan fingerprint density at radius 1 is 1.10 bits per heavy atom. The first-order chi connectivity index (χ1) is 9.81. The summed E-state index contributed by atoms with van der Waals surface area (Å²) >= 11 is 0. The fraction of sp³-hybridized carbons (Fsp3) is 0.267. The zero-order valence-corrected chi connectivity index (χ0v) is 11.2. The number of benzene rings is 1. The fourth-order valence-corrected chi connectivity index (χ4v) is 2.18. The molecule has 0 bridgehead atoms. The Labute approximate surface area is 117 Å². The van der Waals surface area contributed by atoms with E-state index < -0.39 is 0 Å². The summed E-state index contributed by atoms with van der Waals surface area (Å²) in [5, 5.41) is 0. The number of hydrogen-bond donors (Lipinski definition) is 1. The number of pyridine rings is 1. The summed E-state index contributed by atoms with van der Waals surface area (Å²) in [5.74, 6) is 1.72. The molecule has 0 spiro atoms. The maximum Gasteiger partial charge on any atom is 0.223 e. The van der Waals surface area contributed by atoms with E-state index in [1.807, 2.05) is 42.5 Å². The highest BCUT2D eigenvalue weighted by Gasteiger charge is 2.13. The lowest BCUT2D eigenvalue weighted by atomic mass is 10.3. The Hall–Kier alpha value is -2.27. The van der Waals surface area contributed by atoms with E-state index in [1.165, 1.54) is 0 Å². The van der Waals surface area contributed by atoms with Crippen molar-refractivity contribution in [3.63, 3.8) is 0 Å². The molecule has 3 rings (SSSR count). The molecule has 0 unspecified atom stereocenters. The van der Waals surface area contributed by atoms with Gasteiger partial charge in [0.2, 0.25) is 5.88 Å². The number of nitrogen functional groups attached to an aromatic ring is 1. The van der Waals surface area contributed by atoms with Gasteiger partial charge in [0, 0.05) is 30.9 Å². The minimum atomic E-state index is 0.458. The smallest absolute Gasteiger partial charge is 0.223 e. The van der Waals surface area contributed by atoms with Crippen LogP contribution >= 0.6 is 0 Å². The molecule has 2 aromatic rings. The van der Waals surface area contributed by atoms with E-state index in [0.717, 1.165) is 37.7 Å². The fourth-order valence-electron chi connectivity index (χ4n) is 2.18. The Bertz CT molecular complexity index is 569. The van der Waals surface area contributed by atoms with Gasteiger partial charge in [-0.05, 0) is 12.1 Å². The third-order valence-electron chi connectivity index (χ3n) is 3.15. The topological polar surface area (TPSA) is 60.6 Å². The second-order valence-electron chi connectivity index (χ2n) is 4.60. The molecule has 5 nitrogen and oxygen atoms in total. The van der Waals surface area contributed by atoms with E-state index in [9.17, 15) is 0 Å². The Morgan fingerprint density at radius 2 is 1.85 bits per heavy atom. The molecule has 0 radical (unpaired) electrons. The largest absolute Gasteiger partial charge is 0.439 e. The van der Waals surface area contributed by atoms with Gasteiger partial charge in [-0.15, -0.1) is 0 Å². The lowest BCUT2D eigenvalue weighted by Crippen LogP contribution is -2.36. The van der Waals surface area contributed by atoms with Crippen molar-refractivity contribution in [3.05, 3.63) is 42.5 Å². The summed E-state index contributed by atoms with van der Waals surface area (Å²) in [6.07, 6.45) is 0. The van der Waals surface area contributed by atoms with Crippen molar-refractivity contribution in [3.8, 4) is 11.6 Å². The van der Waals surface area contributed by atoms with E-state index in [4.69, 9.17) is 15.2 Å². The van der Waals surface area contributed by atoms with Gasteiger partial charge in [-0.3, -0.25) is 0 Å². The minimum absolute atomic E-state index is 0.458. The Balaban J connectivity index is 1.82. The number of anilines is 2. The number of nitrogens with two attached hydrogens (primary N) is 1. The molecule has 1 aromatic heterocycles. The second-order valence-corrected chi connectivity index (χ2v) is 4.60. The van der Waals surface area contributed by atoms with E-state index in [-0.39, 0.29) is 0 Å². The normalized spacial score (nSPS) is 15.1. The van der Waals surface area contributed by atoms with Crippen LogP contribution in [0.2, 0.25) is 0 Å². The van der Waals surface area contributed by atoms with Crippen LogP contribution in [0, 0.1) is 0 Å². The highest BCUT2D eigenvalue weighted by molar-refractivity contribution is 5.56. The Kier molecular flexibility index (Phi) is 3.69. The van der Waals surface area contributed by atoms with E-state index in [1.54, 1.807) is 0 Å². The zero-order valence-electron chi connectivity index (χ0n) is 11.2. The molecule has 1 saturated heterocycles. The van der Waals surface area contributed by atoms with Crippen LogP contribution in [0.3, 0.4) is 0 Å². The molecule has 1 aliphatic rings. The second kappa shape index (κ2) is 5.79. The highest BCUT2D eigenvalue weighted by Crippen LogP contribution is 2.26. The molecule has 5 heteroatoms. The number of ether oxygens (including phenoxy) is 2. The predicted octanol–water partition coefficient (Wildman–Crippen LogP) is 2.29. The molecule has 104 valence electrons. The first kappa shape index (κ1) is 12.7. The van der Waals surface area contributed by atoms with Crippen LogP contribution in [-0.2, 0) is 4.74 Å². The lowest BCUT2D eigenvalue weighted by Gasteiger charge is -2.29. The van der Waals surface area contributed by atoms with Gasteiger partial charge in [-0.25, -0.2) is 0 Å². The van der Waals surface area contributed by atoms with Crippen molar-refractivity contribution in [2.45, 2.75) is 0 Å². The number of para-hydroxylation sites is 1. The minimum Gasteiger partial charge on any atom is -0.439 e. The average Bonchev–Trinajstić information content (AvgIpc) is 2.49. The van der Waals surface area contributed by atoms with Crippen molar-refractivity contribution in [1.82, 2.24) is 4.98 Å². The number of hydrogen-bond acceptors (Lipinski definition) is 5. The maximum absolute atomic E-state index is 5.87. The molecule has 0 aliphatic carbocycles. The third-order valence-corrected chi connectivity index (χ3v) is 3.15. The van der Waals surface area contributed by atoms with Gasteiger partial charge < -0.3 is 20.1 Å². The van der Waals surface area contributed by atoms with Gasteiger partial charge in [-0.1, -0.05) is 18.2 Å². The van der Waals surface area contributed by atoms with Crippen LogP contribution in [0.15, 0.2) is 42.5 Å². The number of aromatic nitrogens is 1. The summed E-state index contributed by atoms with van der Waals surface area (Å²) < 4.78 is 11.1. The number of morpholine rings is 1. The monoisotopic (exact) mass is 271 g/mol. The van der Waals surface area contributed by atoms with Crippen LogP contribution in [0.5, 0.6) is 11.6 Å². The van der Waals surface area contributed by atoms with Crippen LogP contribution < -0.4 is 15.4 Å². The van der Waals surface area contributed by atoms with Crippen molar-refractivity contribution >= 4 is 11.5 Å². The van der Waals surface area contributed by atoms with E-state index in [0.29, 0.717) is 11.7 Å². The molecule has 2 N–H and O–H groups in total. The van der Waals surface area contributed by atoms with Crippen molar-refractivity contribution in [1.29, 1.82) is 0 Å². The maximum atomic E-state index is 5.87. The summed E-state index contributed by atoms with van der Waals surface area (Å²) in [7, 11) is 0. The Morgan fingerprint density at radius 3 is 2.60 bits per heavy atom. The average molecular weight is 271 g/mol. The molecule has 1 fully saturated rings. The summed E-state index contributed by atoms with van der Waals surface area (Å²) in [5.41, 5.74) is 6.89. The molecule has 0 amide bonds. The van der Waals surface area contributed by atoms with Gasteiger partial charge in [0.05, 0.1) is 13.2 Å². The van der Waals surface area contributed by atoms with Crippen LogP contribution in [0.4, 0.5) is 11.5 Å². The quantitative estimate of drug-likeness (QED) is 0.928. The summed E-state index contributed by atoms with van der Waals surface area (Å²) in [4.78, 5) is 6.44. The third kappa shape index (κ3) is 3.00. The molecular formula is C15H17N3O2. The van der Waals surface area contributed by atoms with E-state index >= 15 is 0 Å². The first-order valence-electron chi connectivity index (χ1n) is 6.64. The predicted molar refractivity (Wildman–Crippen MR) is 78.2 cm³/mol. The van der Waals surface area contributed by atoms with Crippen molar-refractivity contribution in [2.24, 2.45) is 0 Å². The molecule has 20 heavy (non-hydrogen) atoms. The molecule has 0 atom stereocenters. The summed E-state index contributed by atoms with van der Waals surface area (Å²) in [6, 6.07) is 13.3. The molecule has 1 aliphatic heterocycles. The van der Waals surface area contributed by atoms with Gasteiger partial charge >= 0.3 is 0 Å². The van der Waals surface area contributed by atoms with Gasteiger partial charge in [-0.2, -0.15) is 4.98 Å². The van der Waals surface area contributed by atoms with Gasteiger partial charge in [0.15, 0.2) is 0 Å². The molecule has 1 aromatic carbocycles. The first-order valence-corrected chi connectivity index (χ1v) is 6.64. The zero-order chi connectivity index (χ0) is 13.8.